The number of aromatic nitrogens is 2. The summed E-state index contributed by atoms with van der Waals surface area (Å²) < 4.78 is 0. The van der Waals surface area contributed by atoms with E-state index in [1.807, 2.05) is 0 Å². The van der Waals surface area contributed by atoms with Crippen LogP contribution in [-0.2, 0) is 4.79 Å². The summed E-state index contributed by atoms with van der Waals surface area (Å²) >= 11 is 0. The maximum atomic E-state index is 11.4. The third kappa shape index (κ3) is 2.90. The summed E-state index contributed by atoms with van der Waals surface area (Å²) in [6.45, 7) is 1.48. The first kappa shape index (κ1) is 10.9. The van der Waals surface area contributed by atoms with Crippen molar-refractivity contribution in [3.63, 3.8) is 0 Å². The monoisotopic (exact) mass is 209 g/mol. The standard InChI is InChI=1S/C8H11N5O2/c1-4(7(10)14)13-8(15)5-2-12-6(9)3-11-5/h2-4H,1H3,(H2,9,12)(H2,10,14)(H,13,15). The molecule has 0 radical (unpaired) electrons. The van der Waals surface area contributed by atoms with Gasteiger partial charge < -0.3 is 16.8 Å². The van der Waals surface area contributed by atoms with Gasteiger partial charge in [-0.15, -0.1) is 0 Å². The van der Waals surface area contributed by atoms with Crippen LogP contribution in [0.4, 0.5) is 5.82 Å². The molecule has 0 aliphatic rings. The molecule has 0 spiro atoms. The Morgan fingerprint density at radius 3 is 2.53 bits per heavy atom. The number of primary amides is 1. The summed E-state index contributed by atoms with van der Waals surface area (Å²) in [6.07, 6.45) is 2.47. The molecule has 0 saturated carbocycles. The molecule has 2 amide bonds. The van der Waals surface area contributed by atoms with Gasteiger partial charge in [0.05, 0.1) is 12.4 Å². The number of carbonyl (C=O) groups is 2. The van der Waals surface area contributed by atoms with Crippen LogP contribution in [0.1, 0.15) is 17.4 Å². The van der Waals surface area contributed by atoms with Crippen molar-refractivity contribution in [3.8, 4) is 0 Å². The van der Waals surface area contributed by atoms with Gasteiger partial charge >= 0.3 is 0 Å². The zero-order chi connectivity index (χ0) is 11.4. The Labute approximate surface area is 85.9 Å². The second-order valence-electron chi connectivity index (χ2n) is 2.92. The van der Waals surface area contributed by atoms with Crippen LogP contribution in [0.3, 0.4) is 0 Å². The van der Waals surface area contributed by atoms with Gasteiger partial charge in [0.2, 0.25) is 5.91 Å². The second kappa shape index (κ2) is 4.36. The SMILES string of the molecule is CC(NC(=O)c1cnc(N)cn1)C(N)=O. The van der Waals surface area contributed by atoms with Crippen LogP contribution in [0.15, 0.2) is 12.4 Å². The molecule has 1 atom stereocenters. The van der Waals surface area contributed by atoms with Gasteiger partial charge in [-0.2, -0.15) is 0 Å². The van der Waals surface area contributed by atoms with Gasteiger partial charge in [0.25, 0.3) is 5.91 Å². The molecule has 0 bridgehead atoms. The minimum atomic E-state index is -0.753. The lowest BCUT2D eigenvalue weighted by molar-refractivity contribution is -0.119. The average Bonchev–Trinajstić information content (AvgIpc) is 2.18. The lowest BCUT2D eigenvalue weighted by atomic mass is 10.3. The highest BCUT2D eigenvalue weighted by atomic mass is 16.2. The van der Waals surface area contributed by atoms with Crippen molar-refractivity contribution in [3.05, 3.63) is 18.1 Å². The molecule has 5 N–H and O–H groups in total. The molecule has 0 aliphatic heterocycles. The zero-order valence-electron chi connectivity index (χ0n) is 8.10. The third-order valence-corrected chi connectivity index (χ3v) is 1.68. The van der Waals surface area contributed by atoms with Crippen LogP contribution in [-0.4, -0.2) is 27.8 Å². The van der Waals surface area contributed by atoms with E-state index >= 15 is 0 Å². The first-order valence-electron chi connectivity index (χ1n) is 4.18. The van der Waals surface area contributed by atoms with E-state index in [1.165, 1.54) is 19.3 Å². The first-order valence-corrected chi connectivity index (χ1v) is 4.18. The molecule has 15 heavy (non-hydrogen) atoms. The Hall–Kier alpha value is -2.18. The van der Waals surface area contributed by atoms with Crippen LogP contribution in [0.2, 0.25) is 0 Å². The molecule has 1 unspecified atom stereocenters. The zero-order valence-corrected chi connectivity index (χ0v) is 8.10. The summed E-state index contributed by atoms with van der Waals surface area (Å²) in [5.41, 5.74) is 10.4. The van der Waals surface area contributed by atoms with Crippen LogP contribution < -0.4 is 16.8 Å². The normalized spacial score (nSPS) is 11.8. The Balaban J connectivity index is 2.69. The van der Waals surface area contributed by atoms with Gasteiger partial charge in [0.15, 0.2) is 0 Å². The van der Waals surface area contributed by atoms with Gasteiger partial charge in [0, 0.05) is 0 Å². The summed E-state index contributed by atoms with van der Waals surface area (Å²) in [5.74, 6) is -0.921. The van der Waals surface area contributed by atoms with E-state index in [-0.39, 0.29) is 11.5 Å². The molecule has 1 heterocycles. The van der Waals surface area contributed by atoms with Gasteiger partial charge in [-0.3, -0.25) is 9.59 Å². The fraction of sp³-hybridized carbons (Fsp3) is 0.250. The van der Waals surface area contributed by atoms with E-state index in [1.54, 1.807) is 0 Å². The number of rotatable bonds is 3. The van der Waals surface area contributed by atoms with Crippen LogP contribution in [0.25, 0.3) is 0 Å². The Kier molecular flexibility index (Phi) is 3.17. The van der Waals surface area contributed by atoms with E-state index < -0.39 is 17.9 Å². The van der Waals surface area contributed by atoms with Gasteiger partial charge in [-0.25, -0.2) is 9.97 Å². The molecule has 0 aliphatic carbocycles. The van der Waals surface area contributed by atoms with Crippen molar-refractivity contribution in [2.24, 2.45) is 5.73 Å². The number of nitrogen functional groups attached to an aromatic ring is 1. The van der Waals surface area contributed by atoms with Crippen LogP contribution in [0.5, 0.6) is 0 Å². The molecule has 7 nitrogen and oxygen atoms in total. The van der Waals surface area contributed by atoms with Gasteiger partial charge in [0.1, 0.15) is 17.6 Å². The van der Waals surface area contributed by atoms with Crippen molar-refractivity contribution >= 4 is 17.6 Å². The summed E-state index contributed by atoms with van der Waals surface area (Å²) in [4.78, 5) is 29.5. The van der Waals surface area contributed by atoms with E-state index in [9.17, 15) is 9.59 Å². The molecule has 0 fully saturated rings. The molecule has 1 aromatic heterocycles. The van der Waals surface area contributed by atoms with Gasteiger partial charge in [-0.05, 0) is 6.92 Å². The van der Waals surface area contributed by atoms with E-state index in [0.717, 1.165) is 0 Å². The number of carbonyl (C=O) groups excluding carboxylic acids is 2. The topological polar surface area (TPSA) is 124 Å². The third-order valence-electron chi connectivity index (χ3n) is 1.68. The summed E-state index contributed by atoms with van der Waals surface area (Å²) in [5, 5.41) is 2.36. The predicted molar refractivity (Wildman–Crippen MR) is 52.6 cm³/mol. The second-order valence-corrected chi connectivity index (χ2v) is 2.92. The summed E-state index contributed by atoms with van der Waals surface area (Å²) in [7, 11) is 0. The van der Waals surface area contributed by atoms with Crippen molar-refractivity contribution < 1.29 is 9.59 Å². The Morgan fingerprint density at radius 1 is 1.40 bits per heavy atom. The Bertz CT molecular complexity index is 375. The molecule has 1 aromatic rings. The van der Waals surface area contributed by atoms with E-state index in [4.69, 9.17) is 11.5 Å². The average molecular weight is 209 g/mol. The number of nitrogens with zero attached hydrogens (tertiary/aromatic N) is 2. The van der Waals surface area contributed by atoms with Crippen molar-refractivity contribution in [2.75, 3.05) is 5.73 Å². The van der Waals surface area contributed by atoms with Crippen molar-refractivity contribution in [1.29, 1.82) is 0 Å². The van der Waals surface area contributed by atoms with Crippen molar-refractivity contribution in [1.82, 2.24) is 15.3 Å². The highest BCUT2D eigenvalue weighted by molar-refractivity contribution is 5.95. The molecule has 0 saturated heterocycles. The minimum absolute atomic E-state index is 0.0808. The molecule has 1 rings (SSSR count). The first-order chi connectivity index (χ1) is 7.00. The fourth-order valence-corrected chi connectivity index (χ4v) is 0.797. The largest absolute Gasteiger partial charge is 0.382 e. The molecular weight excluding hydrogens is 198 g/mol. The quantitative estimate of drug-likeness (QED) is 0.568. The van der Waals surface area contributed by atoms with Gasteiger partial charge in [-0.1, -0.05) is 0 Å². The number of hydrogen-bond donors (Lipinski definition) is 3. The summed E-state index contributed by atoms with van der Waals surface area (Å²) in [6, 6.07) is -0.753. The molecular formula is C8H11N5O2. The van der Waals surface area contributed by atoms with Crippen LogP contribution in [0, 0.1) is 0 Å². The lowest BCUT2D eigenvalue weighted by Gasteiger charge is -2.08. The minimum Gasteiger partial charge on any atom is -0.382 e. The molecule has 0 aromatic carbocycles. The highest BCUT2D eigenvalue weighted by Crippen LogP contribution is 1.96. The smallest absolute Gasteiger partial charge is 0.272 e. The lowest BCUT2D eigenvalue weighted by Crippen LogP contribution is -2.42. The van der Waals surface area contributed by atoms with Crippen molar-refractivity contribution in [2.45, 2.75) is 13.0 Å². The maximum Gasteiger partial charge on any atom is 0.272 e. The number of hydrogen-bond acceptors (Lipinski definition) is 5. The predicted octanol–water partition coefficient (Wildman–Crippen LogP) is -1.34. The fourth-order valence-electron chi connectivity index (χ4n) is 0.797. The maximum absolute atomic E-state index is 11.4. The molecule has 7 heteroatoms. The van der Waals surface area contributed by atoms with E-state index in [0.29, 0.717) is 0 Å². The number of nitrogens with two attached hydrogens (primary N) is 2. The number of amides is 2. The Morgan fingerprint density at radius 2 is 2.07 bits per heavy atom. The van der Waals surface area contributed by atoms with Crippen LogP contribution >= 0.6 is 0 Å². The molecule has 80 valence electrons. The van der Waals surface area contributed by atoms with E-state index in [2.05, 4.69) is 15.3 Å². The highest BCUT2D eigenvalue weighted by Gasteiger charge is 2.14. The number of nitrogens with one attached hydrogen (secondary N) is 1. The number of anilines is 1.